The van der Waals surface area contributed by atoms with E-state index < -0.39 is 0 Å². The van der Waals surface area contributed by atoms with Crippen molar-refractivity contribution in [2.24, 2.45) is 11.7 Å². The third-order valence-electron chi connectivity index (χ3n) is 2.41. The molecule has 96 valence electrons. The van der Waals surface area contributed by atoms with Crippen molar-refractivity contribution < 1.29 is 4.79 Å². The summed E-state index contributed by atoms with van der Waals surface area (Å²) >= 11 is 3.91. The number of carbonyl (C=O) groups is 1. The molecule has 1 saturated heterocycles. The SMILES string of the molecule is CC(C)[C@@H](N)C(=O)NCC1CSCCS1.Cl. The summed E-state index contributed by atoms with van der Waals surface area (Å²) in [7, 11) is 0. The summed E-state index contributed by atoms with van der Waals surface area (Å²) in [5.41, 5.74) is 5.75. The highest BCUT2D eigenvalue weighted by Gasteiger charge is 2.19. The monoisotopic (exact) mass is 284 g/mol. The molecular weight excluding hydrogens is 264 g/mol. The Morgan fingerprint density at radius 1 is 1.50 bits per heavy atom. The molecule has 0 spiro atoms. The van der Waals surface area contributed by atoms with Crippen molar-refractivity contribution in [3.05, 3.63) is 0 Å². The average Bonchev–Trinajstić information content (AvgIpc) is 2.26. The number of nitrogens with two attached hydrogens (primary N) is 1. The summed E-state index contributed by atoms with van der Waals surface area (Å²) in [6, 6.07) is -0.369. The molecule has 1 unspecified atom stereocenters. The molecule has 0 saturated carbocycles. The minimum Gasteiger partial charge on any atom is -0.354 e. The lowest BCUT2D eigenvalue weighted by atomic mass is 10.1. The highest BCUT2D eigenvalue weighted by molar-refractivity contribution is 8.06. The Labute approximate surface area is 112 Å². The van der Waals surface area contributed by atoms with Crippen LogP contribution in [-0.4, -0.2) is 41.0 Å². The van der Waals surface area contributed by atoms with Crippen LogP contribution in [0.15, 0.2) is 0 Å². The predicted molar refractivity (Wildman–Crippen MR) is 76.6 cm³/mol. The lowest BCUT2D eigenvalue weighted by molar-refractivity contribution is -0.123. The molecule has 1 aliphatic heterocycles. The fourth-order valence-electron chi connectivity index (χ4n) is 1.29. The molecule has 2 atom stereocenters. The molecule has 0 aliphatic carbocycles. The van der Waals surface area contributed by atoms with Crippen molar-refractivity contribution in [3.8, 4) is 0 Å². The van der Waals surface area contributed by atoms with E-state index in [0.29, 0.717) is 5.25 Å². The maximum atomic E-state index is 11.6. The minimum atomic E-state index is -0.369. The van der Waals surface area contributed by atoms with Crippen LogP contribution in [0.3, 0.4) is 0 Å². The summed E-state index contributed by atoms with van der Waals surface area (Å²) in [5.74, 6) is 3.77. The number of nitrogens with one attached hydrogen (secondary N) is 1. The molecule has 1 aliphatic rings. The van der Waals surface area contributed by atoms with Crippen LogP contribution in [0.2, 0.25) is 0 Å². The van der Waals surface area contributed by atoms with E-state index in [9.17, 15) is 4.79 Å². The Morgan fingerprint density at radius 3 is 2.69 bits per heavy atom. The van der Waals surface area contributed by atoms with Gasteiger partial charge < -0.3 is 11.1 Å². The smallest absolute Gasteiger partial charge is 0.237 e. The van der Waals surface area contributed by atoms with Crippen LogP contribution < -0.4 is 11.1 Å². The quantitative estimate of drug-likeness (QED) is 0.818. The third kappa shape index (κ3) is 5.66. The highest BCUT2D eigenvalue weighted by atomic mass is 35.5. The normalized spacial score (nSPS) is 22.4. The maximum absolute atomic E-state index is 11.6. The van der Waals surface area contributed by atoms with Gasteiger partial charge in [-0.15, -0.1) is 12.4 Å². The summed E-state index contributed by atoms with van der Waals surface area (Å²) in [5, 5.41) is 3.50. The Bertz CT molecular complexity index is 211. The van der Waals surface area contributed by atoms with E-state index in [-0.39, 0.29) is 30.3 Å². The van der Waals surface area contributed by atoms with Crippen molar-refractivity contribution in [2.75, 3.05) is 23.8 Å². The van der Waals surface area contributed by atoms with Gasteiger partial charge in [-0.05, 0) is 5.92 Å². The molecule has 6 heteroatoms. The lowest BCUT2D eigenvalue weighted by Gasteiger charge is -2.22. The van der Waals surface area contributed by atoms with E-state index in [1.165, 1.54) is 11.5 Å². The van der Waals surface area contributed by atoms with Crippen LogP contribution in [0.25, 0.3) is 0 Å². The minimum absolute atomic E-state index is 0. The van der Waals surface area contributed by atoms with E-state index >= 15 is 0 Å². The van der Waals surface area contributed by atoms with Crippen LogP contribution in [0.5, 0.6) is 0 Å². The van der Waals surface area contributed by atoms with Crippen LogP contribution in [0, 0.1) is 5.92 Å². The van der Waals surface area contributed by atoms with Gasteiger partial charge in [0.2, 0.25) is 5.91 Å². The molecule has 0 radical (unpaired) electrons. The van der Waals surface area contributed by atoms with E-state index in [1.54, 1.807) is 0 Å². The number of carbonyl (C=O) groups excluding carboxylic acids is 1. The Morgan fingerprint density at radius 2 is 2.19 bits per heavy atom. The topological polar surface area (TPSA) is 55.1 Å². The molecule has 0 aromatic heterocycles. The average molecular weight is 285 g/mol. The van der Waals surface area contributed by atoms with E-state index in [0.717, 1.165) is 12.3 Å². The standard InChI is InChI=1S/C10H20N2OS2.ClH/c1-7(2)9(11)10(13)12-5-8-6-14-3-4-15-8;/h7-9H,3-6,11H2,1-2H3,(H,12,13);1H/t8?,9-;/m1./s1. The van der Waals surface area contributed by atoms with Crippen LogP contribution >= 0.6 is 35.9 Å². The van der Waals surface area contributed by atoms with Gasteiger partial charge in [0.05, 0.1) is 6.04 Å². The van der Waals surface area contributed by atoms with Gasteiger partial charge in [-0.3, -0.25) is 4.79 Å². The van der Waals surface area contributed by atoms with E-state index in [2.05, 4.69) is 5.32 Å². The Hall–Kier alpha value is 0.420. The second kappa shape index (κ2) is 8.50. The summed E-state index contributed by atoms with van der Waals surface area (Å²) < 4.78 is 0. The molecule has 1 amide bonds. The van der Waals surface area contributed by atoms with Gasteiger partial charge >= 0.3 is 0 Å². The van der Waals surface area contributed by atoms with E-state index in [4.69, 9.17) is 5.73 Å². The zero-order valence-corrected chi connectivity index (χ0v) is 12.2. The first-order chi connectivity index (χ1) is 7.11. The van der Waals surface area contributed by atoms with Crippen LogP contribution in [-0.2, 0) is 4.79 Å². The highest BCUT2D eigenvalue weighted by Crippen LogP contribution is 2.23. The molecule has 16 heavy (non-hydrogen) atoms. The van der Waals surface area contributed by atoms with Gasteiger partial charge in [-0.1, -0.05) is 13.8 Å². The van der Waals surface area contributed by atoms with Crippen molar-refractivity contribution in [1.82, 2.24) is 5.32 Å². The molecular formula is C10H21ClN2OS2. The lowest BCUT2D eigenvalue weighted by Crippen LogP contribution is -2.46. The van der Waals surface area contributed by atoms with Crippen molar-refractivity contribution in [1.29, 1.82) is 0 Å². The van der Waals surface area contributed by atoms with Gasteiger partial charge in [0.1, 0.15) is 0 Å². The number of rotatable bonds is 4. The third-order valence-corrected chi connectivity index (χ3v) is 5.25. The van der Waals surface area contributed by atoms with Gasteiger partial charge in [0.15, 0.2) is 0 Å². The second-order valence-corrected chi connectivity index (χ2v) is 6.64. The van der Waals surface area contributed by atoms with Crippen molar-refractivity contribution in [2.45, 2.75) is 25.1 Å². The fraction of sp³-hybridized carbons (Fsp3) is 0.900. The first-order valence-electron chi connectivity index (χ1n) is 5.34. The predicted octanol–water partition coefficient (Wildman–Crippen LogP) is 1.36. The molecule has 0 aromatic rings. The Balaban J connectivity index is 0.00000225. The second-order valence-electron chi connectivity index (χ2n) is 4.08. The first-order valence-corrected chi connectivity index (χ1v) is 7.54. The molecule has 0 bridgehead atoms. The molecule has 1 fully saturated rings. The number of thioether (sulfide) groups is 2. The summed E-state index contributed by atoms with van der Waals surface area (Å²) in [4.78, 5) is 11.6. The summed E-state index contributed by atoms with van der Waals surface area (Å²) in [6.45, 7) is 4.70. The molecule has 1 rings (SSSR count). The maximum Gasteiger partial charge on any atom is 0.237 e. The number of halogens is 1. The van der Waals surface area contributed by atoms with Crippen molar-refractivity contribution >= 4 is 41.8 Å². The first kappa shape index (κ1) is 16.4. The zero-order valence-electron chi connectivity index (χ0n) is 9.77. The fourth-order valence-corrected chi connectivity index (χ4v) is 3.90. The van der Waals surface area contributed by atoms with Crippen LogP contribution in [0.4, 0.5) is 0 Å². The van der Waals surface area contributed by atoms with Gasteiger partial charge in [-0.25, -0.2) is 0 Å². The largest absolute Gasteiger partial charge is 0.354 e. The van der Waals surface area contributed by atoms with Crippen LogP contribution in [0.1, 0.15) is 13.8 Å². The molecule has 0 aromatic carbocycles. The molecule has 3 N–H and O–H groups in total. The van der Waals surface area contributed by atoms with Crippen molar-refractivity contribution in [3.63, 3.8) is 0 Å². The number of hydrogen-bond donors (Lipinski definition) is 2. The van der Waals surface area contributed by atoms with E-state index in [1.807, 2.05) is 37.4 Å². The summed E-state index contributed by atoms with van der Waals surface area (Å²) in [6.07, 6.45) is 0. The number of hydrogen-bond acceptors (Lipinski definition) is 4. The molecule has 3 nitrogen and oxygen atoms in total. The molecule has 1 heterocycles. The Kier molecular flexibility index (Phi) is 8.73. The zero-order chi connectivity index (χ0) is 11.3. The van der Waals surface area contributed by atoms with Gasteiger partial charge in [0.25, 0.3) is 0 Å². The number of amides is 1. The van der Waals surface area contributed by atoms with Gasteiger partial charge in [-0.2, -0.15) is 23.5 Å². The van der Waals surface area contributed by atoms with Gasteiger partial charge in [0, 0.05) is 29.1 Å².